The summed E-state index contributed by atoms with van der Waals surface area (Å²) in [6.07, 6.45) is 5.47. The van der Waals surface area contributed by atoms with Crippen LogP contribution in [0.2, 0.25) is 0 Å². The van der Waals surface area contributed by atoms with Gasteiger partial charge in [0.25, 0.3) is 0 Å². The Morgan fingerprint density at radius 2 is 1.77 bits per heavy atom. The van der Waals surface area contributed by atoms with Crippen LogP contribution in [0.25, 0.3) is 0 Å². The molecule has 2 rings (SSSR count). The van der Waals surface area contributed by atoms with E-state index in [1.54, 1.807) is 31.2 Å². The fourth-order valence-corrected chi connectivity index (χ4v) is 9.84. The normalized spacial score (nSPS) is 18.4. The van der Waals surface area contributed by atoms with E-state index >= 15 is 0 Å². The van der Waals surface area contributed by atoms with Gasteiger partial charge in [0.2, 0.25) is 8.87 Å². The van der Waals surface area contributed by atoms with Gasteiger partial charge in [0.15, 0.2) is 0 Å². The molecular weight excluding hydrogens is 411 g/mol. The molecule has 0 amide bonds. The summed E-state index contributed by atoms with van der Waals surface area (Å²) in [5, 5.41) is -0.249. The molecule has 1 aliphatic rings. The Balaban J connectivity index is 2.01. The van der Waals surface area contributed by atoms with Gasteiger partial charge in [-0.05, 0) is 61.8 Å². The van der Waals surface area contributed by atoms with Gasteiger partial charge in [0.05, 0.1) is 11.9 Å². The molecule has 0 aliphatic heterocycles. The lowest BCUT2D eigenvalue weighted by molar-refractivity contribution is 0.296. The maximum Gasteiger partial charge on any atom is 0.440 e. The lowest BCUT2D eigenvalue weighted by Crippen LogP contribution is -2.20. The first-order valence-corrected chi connectivity index (χ1v) is 15.0. The predicted octanol–water partition coefficient (Wildman–Crippen LogP) is 6.11. The highest BCUT2D eigenvalue weighted by Crippen LogP contribution is 2.60. The zero-order chi connectivity index (χ0) is 19.0. The van der Waals surface area contributed by atoms with Crippen molar-refractivity contribution in [2.75, 3.05) is 12.4 Å². The smallest absolute Gasteiger partial charge is 0.417 e. The number of rotatable bonds is 10. The molecular formula is C17H27O5PS3. The average Bonchev–Trinajstić information content (AvgIpc) is 2.62. The molecule has 5 nitrogen and oxygen atoms in total. The number of hydrogen-bond donors (Lipinski definition) is 0. The van der Waals surface area contributed by atoms with Crippen LogP contribution in [0.1, 0.15) is 52.4 Å². The van der Waals surface area contributed by atoms with E-state index < -0.39 is 15.7 Å². The van der Waals surface area contributed by atoms with Crippen LogP contribution in [0.4, 0.5) is 0 Å². The topological polar surface area (TPSA) is 69.7 Å². The van der Waals surface area contributed by atoms with E-state index in [1.807, 2.05) is 6.92 Å². The van der Waals surface area contributed by atoms with Gasteiger partial charge in [0, 0.05) is 21.4 Å². The first kappa shape index (κ1) is 22.2. The molecule has 0 spiro atoms. The van der Waals surface area contributed by atoms with E-state index in [2.05, 4.69) is 0 Å². The second-order valence-electron chi connectivity index (χ2n) is 6.10. The van der Waals surface area contributed by atoms with Crippen LogP contribution in [0.5, 0.6) is 5.75 Å². The van der Waals surface area contributed by atoms with Gasteiger partial charge < -0.3 is 4.52 Å². The summed E-state index contributed by atoms with van der Waals surface area (Å²) < 4.78 is 48.7. The third kappa shape index (κ3) is 6.79. The van der Waals surface area contributed by atoms with E-state index in [4.69, 9.17) is 9.05 Å². The SMILES string of the molecule is CCCSP(=O)(OCC)Oc1ccc(SS(=O)(=O)C2CCCCC2)cc1. The van der Waals surface area contributed by atoms with Crippen LogP contribution in [0.3, 0.4) is 0 Å². The first-order valence-electron chi connectivity index (χ1n) is 9.00. The first-order chi connectivity index (χ1) is 12.4. The maximum absolute atomic E-state index is 12.7. The van der Waals surface area contributed by atoms with Gasteiger partial charge in [-0.2, -0.15) is 0 Å². The summed E-state index contributed by atoms with van der Waals surface area (Å²) >= 11 is 1.19. The zero-order valence-electron chi connectivity index (χ0n) is 15.3. The van der Waals surface area contributed by atoms with Crippen molar-refractivity contribution in [3.05, 3.63) is 24.3 Å². The molecule has 26 heavy (non-hydrogen) atoms. The molecule has 0 bridgehead atoms. The molecule has 0 N–H and O–H groups in total. The second-order valence-corrected chi connectivity index (χ2v) is 14.4. The zero-order valence-corrected chi connectivity index (χ0v) is 18.6. The van der Waals surface area contributed by atoms with Crippen molar-refractivity contribution in [3.63, 3.8) is 0 Å². The molecule has 0 heterocycles. The molecule has 0 radical (unpaired) electrons. The number of hydrogen-bond acceptors (Lipinski definition) is 7. The minimum atomic E-state index is -3.24. The van der Waals surface area contributed by atoms with Gasteiger partial charge in [-0.1, -0.05) is 26.2 Å². The van der Waals surface area contributed by atoms with Gasteiger partial charge in [0.1, 0.15) is 5.75 Å². The third-order valence-electron chi connectivity index (χ3n) is 3.95. The van der Waals surface area contributed by atoms with E-state index in [-0.39, 0.29) is 5.25 Å². The molecule has 1 fully saturated rings. The maximum atomic E-state index is 12.7. The molecule has 1 saturated carbocycles. The van der Waals surface area contributed by atoms with Gasteiger partial charge in [-0.15, -0.1) is 0 Å². The Morgan fingerprint density at radius 3 is 2.35 bits per heavy atom. The minimum absolute atomic E-state index is 0.249. The van der Waals surface area contributed by atoms with Crippen molar-refractivity contribution in [1.82, 2.24) is 0 Å². The lowest BCUT2D eigenvalue weighted by atomic mass is 10.0. The Morgan fingerprint density at radius 1 is 1.12 bits per heavy atom. The summed E-state index contributed by atoms with van der Waals surface area (Å²) in [7, 11) is -2.30. The highest BCUT2D eigenvalue weighted by molar-refractivity contribution is 8.72. The summed E-state index contributed by atoms with van der Waals surface area (Å²) in [5.74, 6) is 1.11. The van der Waals surface area contributed by atoms with Gasteiger partial charge in [-0.25, -0.2) is 13.0 Å². The van der Waals surface area contributed by atoms with Crippen LogP contribution in [-0.2, 0) is 18.0 Å². The molecule has 1 atom stereocenters. The van der Waals surface area contributed by atoms with Crippen molar-refractivity contribution < 1.29 is 22.0 Å². The Hall–Kier alpha value is -0.140. The van der Waals surface area contributed by atoms with Crippen molar-refractivity contribution in [3.8, 4) is 5.75 Å². The molecule has 0 aromatic heterocycles. The Kier molecular flexibility index (Phi) is 8.88. The fraction of sp³-hybridized carbons (Fsp3) is 0.647. The van der Waals surface area contributed by atoms with Crippen LogP contribution in [-0.4, -0.2) is 26.0 Å². The van der Waals surface area contributed by atoms with Crippen molar-refractivity contribution in [2.45, 2.75) is 62.5 Å². The van der Waals surface area contributed by atoms with Crippen LogP contribution < -0.4 is 4.52 Å². The van der Waals surface area contributed by atoms with Crippen molar-refractivity contribution in [1.29, 1.82) is 0 Å². The lowest BCUT2D eigenvalue weighted by Gasteiger charge is -2.21. The number of benzene rings is 1. The molecule has 1 aromatic carbocycles. The monoisotopic (exact) mass is 438 g/mol. The van der Waals surface area contributed by atoms with E-state index in [0.29, 0.717) is 23.0 Å². The van der Waals surface area contributed by atoms with E-state index in [9.17, 15) is 13.0 Å². The quantitative estimate of drug-likeness (QED) is 0.322. The summed E-state index contributed by atoms with van der Waals surface area (Å²) in [5.41, 5.74) is 0. The van der Waals surface area contributed by atoms with Gasteiger partial charge >= 0.3 is 6.80 Å². The van der Waals surface area contributed by atoms with Gasteiger partial charge in [-0.3, -0.25) is 4.52 Å². The third-order valence-corrected chi connectivity index (χ3v) is 12.0. The van der Waals surface area contributed by atoms with E-state index in [0.717, 1.165) is 49.3 Å². The highest BCUT2D eigenvalue weighted by atomic mass is 33.1. The second kappa shape index (κ2) is 10.4. The fourth-order valence-electron chi connectivity index (χ4n) is 2.69. The summed E-state index contributed by atoms with van der Waals surface area (Å²) in [6.45, 7) is 0.841. The molecule has 148 valence electrons. The highest BCUT2D eigenvalue weighted by Gasteiger charge is 2.29. The molecule has 1 aliphatic carbocycles. The Labute approximate surface area is 164 Å². The molecule has 1 unspecified atom stereocenters. The van der Waals surface area contributed by atoms with E-state index in [1.165, 1.54) is 11.4 Å². The largest absolute Gasteiger partial charge is 0.440 e. The molecule has 1 aromatic rings. The van der Waals surface area contributed by atoms with Crippen molar-refractivity contribution >= 4 is 37.8 Å². The summed E-state index contributed by atoms with van der Waals surface area (Å²) in [4.78, 5) is 0.648. The van der Waals surface area contributed by atoms with Crippen LogP contribution >= 0.6 is 29.0 Å². The van der Waals surface area contributed by atoms with Crippen LogP contribution in [0.15, 0.2) is 29.2 Å². The standard InChI is InChI=1S/C17H27O5PS3/c1-3-14-24-23(18,21-4-2)22-15-10-12-16(13-11-15)25-26(19,20)17-8-6-5-7-9-17/h10-13,17H,3-9,14H2,1-2H3. The van der Waals surface area contributed by atoms with Crippen molar-refractivity contribution in [2.24, 2.45) is 0 Å². The average molecular weight is 439 g/mol. The molecule has 9 heteroatoms. The summed E-state index contributed by atoms with van der Waals surface area (Å²) in [6, 6.07) is 6.69. The van der Waals surface area contributed by atoms with Crippen LogP contribution in [0, 0.1) is 0 Å². The Bertz CT molecular complexity index is 700. The predicted molar refractivity (Wildman–Crippen MR) is 111 cm³/mol. The molecule has 0 saturated heterocycles. The minimum Gasteiger partial charge on any atom is -0.417 e.